The molecule has 0 saturated carbocycles. The number of nitrogens with zero attached hydrogens (tertiary/aromatic N) is 1. The minimum atomic E-state index is -0.489. The zero-order valence-corrected chi connectivity index (χ0v) is 14.4. The molecule has 0 saturated heterocycles. The summed E-state index contributed by atoms with van der Waals surface area (Å²) in [5, 5.41) is 10.8. The fourth-order valence-corrected chi connectivity index (χ4v) is 2.41. The number of nitro benzene ring substituents is 1. The van der Waals surface area contributed by atoms with Gasteiger partial charge < -0.3 is 9.47 Å². The Bertz CT molecular complexity index is 923. The quantitative estimate of drug-likeness (QED) is 0.350. The van der Waals surface area contributed by atoms with E-state index in [4.69, 9.17) is 9.47 Å². The average molecular weight is 363 g/mol. The van der Waals surface area contributed by atoms with E-state index in [2.05, 4.69) is 0 Å². The van der Waals surface area contributed by atoms with E-state index < -0.39 is 10.9 Å². The van der Waals surface area contributed by atoms with Gasteiger partial charge in [-0.1, -0.05) is 42.5 Å². The van der Waals surface area contributed by atoms with Crippen molar-refractivity contribution in [1.82, 2.24) is 0 Å². The van der Waals surface area contributed by atoms with Crippen LogP contribution in [-0.2, 0) is 18.0 Å². The molecular weight excluding hydrogens is 346 g/mol. The zero-order valence-electron chi connectivity index (χ0n) is 14.4. The molecule has 0 atom stereocenters. The molecule has 0 fully saturated rings. The Morgan fingerprint density at radius 1 is 0.852 bits per heavy atom. The van der Waals surface area contributed by atoms with Gasteiger partial charge in [-0.05, 0) is 35.4 Å². The Morgan fingerprint density at radius 2 is 1.59 bits per heavy atom. The first-order chi connectivity index (χ1) is 13.1. The average Bonchev–Trinajstić information content (AvgIpc) is 2.72. The first-order valence-electron chi connectivity index (χ1n) is 8.29. The van der Waals surface area contributed by atoms with E-state index in [0.29, 0.717) is 17.7 Å². The van der Waals surface area contributed by atoms with E-state index >= 15 is 0 Å². The Kier molecular flexibility index (Phi) is 5.79. The summed E-state index contributed by atoms with van der Waals surface area (Å²) in [6, 6.07) is 22.4. The molecule has 0 spiro atoms. The van der Waals surface area contributed by atoms with Crippen LogP contribution in [0.3, 0.4) is 0 Å². The van der Waals surface area contributed by atoms with Crippen LogP contribution < -0.4 is 4.74 Å². The molecule has 0 radical (unpaired) electrons. The monoisotopic (exact) mass is 363 g/mol. The number of para-hydroxylation sites is 1. The SMILES string of the molecule is O=C(OCc1cccc([N+](=O)[O-])c1)c1ccc(COc2ccccc2)cc1. The van der Waals surface area contributed by atoms with Crippen molar-refractivity contribution >= 4 is 11.7 Å². The van der Waals surface area contributed by atoms with Crippen molar-refractivity contribution in [2.75, 3.05) is 0 Å². The summed E-state index contributed by atoms with van der Waals surface area (Å²) >= 11 is 0. The Balaban J connectivity index is 1.54. The highest BCUT2D eigenvalue weighted by atomic mass is 16.6. The maximum absolute atomic E-state index is 12.1. The second kappa shape index (κ2) is 8.62. The predicted octanol–water partition coefficient (Wildman–Crippen LogP) is 4.53. The zero-order chi connectivity index (χ0) is 19.1. The number of nitro groups is 1. The number of hydrogen-bond donors (Lipinski definition) is 0. The normalized spacial score (nSPS) is 10.2. The van der Waals surface area contributed by atoms with Crippen molar-refractivity contribution in [3.63, 3.8) is 0 Å². The Morgan fingerprint density at radius 3 is 2.30 bits per heavy atom. The van der Waals surface area contributed by atoms with Crippen LogP contribution in [0, 0.1) is 10.1 Å². The molecule has 0 aliphatic carbocycles. The second-order valence-corrected chi connectivity index (χ2v) is 5.80. The highest BCUT2D eigenvalue weighted by Gasteiger charge is 2.10. The largest absolute Gasteiger partial charge is 0.489 e. The lowest BCUT2D eigenvalue weighted by atomic mass is 10.1. The topological polar surface area (TPSA) is 78.7 Å². The number of esters is 1. The van der Waals surface area contributed by atoms with E-state index in [-0.39, 0.29) is 12.3 Å². The minimum Gasteiger partial charge on any atom is -0.489 e. The highest BCUT2D eigenvalue weighted by molar-refractivity contribution is 5.89. The summed E-state index contributed by atoms with van der Waals surface area (Å²) in [5.41, 5.74) is 1.86. The van der Waals surface area contributed by atoms with Crippen LogP contribution in [0.15, 0.2) is 78.9 Å². The number of carbonyl (C=O) groups is 1. The molecule has 6 heteroatoms. The Labute approximate surface area is 156 Å². The molecule has 0 bridgehead atoms. The molecule has 0 aliphatic rings. The van der Waals surface area contributed by atoms with Crippen LogP contribution in [0.1, 0.15) is 21.5 Å². The molecule has 3 aromatic carbocycles. The number of rotatable bonds is 7. The van der Waals surface area contributed by atoms with Gasteiger partial charge in [-0.15, -0.1) is 0 Å². The Hall–Kier alpha value is -3.67. The number of benzene rings is 3. The molecule has 3 aromatic rings. The summed E-state index contributed by atoms with van der Waals surface area (Å²) < 4.78 is 10.9. The van der Waals surface area contributed by atoms with Crippen molar-refractivity contribution in [1.29, 1.82) is 0 Å². The minimum absolute atomic E-state index is 0.0284. The van der Waals surface area contributed by atoms with E-state index in [1.807, 2.05) is 30.3 Å². The molecule has 0 N–H and O–H groups in total. The van der Waals surface area contributed by atoms with Gasteiger partial charge in [-0.25, -0.2) is 4.79 Å². The van der Waals surface area contributed by atoms with Crippen LogP contribution in [-0.4, -0.2) is 10.9 Å². The van der Waals surface area contributed by atoms with Crippen LogP contribution in [0.5, 0.6) is 5.75 Å². The van der Waals surface area contributed by atoms with E-state index in [1.165, 1.54) is 12.1 Å². The van der Waals surface area contributed by atoms with Gasteiger partial charge in [-0.2, -0.15) is 0 Å². The number of carbonyl (C=O) groups excluding carboxylic acids is 1. The van der Waals surface area contributed by atoms with Crippen molar-refractivity contribution in [3.05, 3.63) is 106 Å². The molecule has 6 nitrogen and oxygen atoms in total. The van der Waals surface area contributed by atoms with Crippen LogP contribution in [0.2, 0.25) is 0 Å². The lowest BCUT2D eigenvalue weighted by molar-refractivity contribution is -0.384. The lowest BCUT2D eigenvalue weighted by Gasteiger charge is -2.08. The number of ether oxygens (including phenoxy) is 2. The van der Waals surface area contributed by atoms with Crippen molar-refractivity contribution < 1.29 is 19.2 Å². The van der Waals surface area contributed by atoms with Gasteiger partial charge in [0, 0.05) is 12.1 Å². The summed E-state index contributed by atoms with van der Waals surface area (Å²) in [4.78, 5) is 22.4. The molecule has 0 aromatic heterocycles. The van der Waals surface area contributed by atoms with Crippen molar-refractivity contribution in [3.8, 4) is 5.75 Å². The van der Waals surface area contributed by atoms with Crippen LogP contribution in [0.4, 0.5) is 5.69 Å². The number of non-ortho nitro benzene ring substituents is 1. The molecule has 27 heavy (non-hydrogen) atoms. The smallest absolute Gasteiger partial charge is 0.338 e. The first-order valence-corrected chi connectivity index (χ1v) is 8.29. The van der Waals surface area contributed by atoms with Gasteiger partial charge >= 0.3 is 5.97 Å². The molecule has 0 amide bonds. The predicted molar refractivity (Wildman–Crippen MR) is 99.4 cm³/mol. The molecule has 0 unspecified atom stereocenters. The third-order valence-electron chi connectivity index (χ3n) is 3.83. The number of hydrogen-bond acceptors (Lipinski definition) is 5. The van der Waals surface area contributed by atoms with E-state index in [0.717, 1.165) is 11.3 Å². The van der Waals surface area contributed by atoms with Crippen molar-refractivity contribution in [2.45, 2.75) is 13.2 Å². The van der Waals surface area contributed by atoms with E-state index in [9.17, 15) is 14.9 Å². The summed E-state index contributed by atoms with van der Waals surface area (Å²) in [5.74, 6) is 0.287. The molecule has 3 rings (SSSR count). The highest BCUT2D eigenvalue weighted by Crippen LogP contribution is 2.15. The van der Waals surface area contributed by atoms with Gasteiger partial charge in [0.05, 0.1) is 10.5 Å². The second-order valence-electron chi connectivity index (χ2n) is 5.80. The third-order valence-corrected chi connectivity index (χ3v) is 3.83. The molecule has 136 valence electrons. The van der Waals surface area contributed by atoms with Gasteiger partial charge in [-0.3, -0.25) is 10.1 Å². The first kappa shape index (κ1) is 18.1. The van der Waals surface area contributed by atoms with Gasteiger partial charge in [0.25, 0.3) is 5.69 Å². The summed E-state index contributed by atoms with van der Waals surface area (Å²) in [6.07, 6.45) is 0. The van der Waals surface area contributed by atoms with Crippen LogP contribution in [0.25, 0.3) is 0 Å². The van der Waals surface area contributed by atoms with Gasteiger partial charge in [0.2, 0.25) is 0 Å². The maximum Gasteiger partial charge on any atom is 0.338 e. The standard InChI is InChI=1S/C21H17NO5/c23-21(27-15-17-5-4-6-19(13-17)22(24)25)18-11-9-16(10-12-18)14-26-20-7-2-1-3-8-20/h1-13H,14-15H2. The third kappa shape index (κ3) is 5.15. The van der Waals surface area contributed by atoms with E-state index in [1.54, 1.807) is 36.4 Å². The van der Waals surface area contributed by atoms with Gasteiger partial charge in [0.15, 0.2) is 0 Å². The molecular formula is C21H17NO5. The lowest BCUT2D eigenvalue weighted by Crippen LogP contribution is -2.06. The van der Waals surface area contributed by atoms with Crippen molar-refractivity contribution in [2.24, 2.45) is 0 Å². The van der Waals surface area contributed by atoms with Crippen LogP contribution >= 0.6 is 0 Å². The maximum atomic E-state index is 12.1. The fourth-order valence-electron chi connectivity index (χ4n) is 2.41. The van der Waals surface area contributed by atoms with Gasteiger partial charge in [0.1, 0.15) is 19.0 Å². The fraction of sp³-hybridized carbons (Fsp3) is 0.0952. The molecule has 0 aliphatic heterocycles. The summed E-state index contributed by atoms with van der Waals surface area (Å²) in [6.45, 7) is 0.367. The molecule has 0 heterocycles. The summed E-state index contributed by atoms with van der Waals surface area (Å²) in [7, 11) is 0.